The van der Waals surface area contributed by atoms with E-state index in [4.69, 9.17) is 58.0 Å². The number of thioether (sulfide) groups is 1. The van der Waals surface area contributed by atoms with E-state index in [9.17, 15) is 0 Å². The minimum absolute atomic E-state index is 0.182. The normalized spacial score (nSPS) is 13.2. The van der Waals surface area contributed by atoms with Crippen molar-refractivity contribution in [2.24, 2.45) is 0 Å². The van der Waals surface area contributed by atoms with Gasteiger partial charge in [0.1, 0.15) is 0 Å². The molecule has 108 valence electrons. The second kappa shape index (κ2) is 6.55. The SMILES string of the molecule is Cc1nc(SC(Cl)(Cl)C(Cl)(Cl)Cl)nc(C(C)C)c1S. The molecule has 0 amide bonds. The fraction of sp³-hybridized carbons (Fsp3) is 0.600. The lowest BCUT2D eigenvalue weighted by Crippen LogP contribution is -2.27. The molecule has 0 N–H and O–H groups in total. The zero-order valence-electron chi connectivity index (χ0n) is 10.2. The van der Waals surface area contributed by atoms with Crippen LogP contribution in [0.3, 0.4) is 0 Å². The van der Waals surface area contributed by atoms with Crippen LogP contribution in [0.25, 0.3) is 0 Å². The van der Waals surface area contributed by atoms with E-state index in [-0.39, 0.29) is 5.92 Å². The molecule has 2 nitrogen and oxygen atoms in total. The van der Waals surface area contributed by atoms with Crippen LogP contribution in [-0.2, 0) is 0 Å². The van der Waals surface area contributed by atoms with Gasteiger partial charge in [0, 0.05) is 4.90 Å². The zero-order chi connectivity index (χ0) is 15.0. The molecule has 0 aliphatic rings. The first-order valence-corrected chi connectivity index (χ1v) is 8.32. The summed E-state index contributed by atoms with van der Waals surface area (Å²) in [6.45, 7) is 5.82. The molecule has 0 aliphatic carbocycles. The molecule has 0 radical (unpaired) electrons. The maximum Gasteiger partial charge on any atom is 0.232 e. The smallest absolute Gasteiger partial charge is 0.227 e. The molecule has 0 unspecified atom stereocenters. The lowest BCUT2D eigenvalue weighted by molar-refractivity contribution is 0.733. The van der Waals surface area contributed by atoms with Crippen LogP contribution >= 0.6 is 82.4 Å². The minimum atomic E-state index is -1.87. The molecule has 19 heavy (non-hydrogen) atoms. The van der Waals surface area contributed by atoms with Gasteiger partial charge in [0.05, 0.1) is 11.4 Å². The predicted octanol–water partition coefficient (Wildman–Crippen LogP) is 5.79. The Morgan fingerprint density at radius 1 is 1.11 bits per heavy atom. The molecular formula is C10H11Cl5N2S2. The van der Waals surface area contributed by atoms with E-state index in [1.54, 1.807) is 0 Å². The van der Waals surface area contributed by atoms with Crippen molar-refractivity contribution in [3.05, 3.63) is 11.4 Å². The summed E-state index contributed by atoms with van der Waals surface area (Å²) in [5.41, 5.74) is 1.52. The Hall–Kier alpha value is 1.23. The topological polar surface area (TPSA) is 25.8 Å². The number of aromatic nitrogens is 2. The molecule has 0 atom stereocenters. The summed E-state index contributed by atoms with van der Waals surface area (Å²) in [6.07, 6.45) is 0. The number of hydrogen-bond donors (Lipinski definition) is 1. The first-order valence-electron chi connectivity index (χ1n) is 5.16. The Morgan fingerprint density at radius 3 is 2.05 bits per heavy atom. The van der Waals surface area contributed by atoms with Crippen molar-refractivity contribution in [2.75, 3.05) is 0 Å². The summed E-state index contributed by atoms with van der Waals surface area (Å²) in [4.78, 5) is 9.35. The average Bonchev–Trinajstić information content (AvgIpc) is 2.20. The number of thiol groups is 1. The zero-order valence-corrected chi connectivity index (χ0v) is 15.7. The summed E-state index contributed by atoms with van der Waals surface area (Å²) < 4.78 is -3.55. The van der Waals surface area contributed by atoms with E-state index in [1.807, 2.05) is 20.8 Å². The van der Waals surface area contributed by atoms with Crippen molar-refractivity contribution in [1.29, 1.82) is 0 Å². The third-order valence-corrected chi connectivity index (χ3v) is 6.44. The van der Waals surface area contributed by atoms with E-state index >= 15 is 0 Å². The van der Waals surface area contributed by atoms with Crippen LogP contribution in [0.1, 0.15) is 31.2 Å². The highest BCUT2D eigenvalue weighted by molar-refractivity contribution is 8.03. The summed E-state index contributed by atoms with van der Waals surface area (Å²) in [6, 6.07) is 0. The average molecular weight is 401 g/mol. The summed E-state index contributed by atoms with van der Waals surface area (Å²) in [5.74, 6) is 0.182. The fourth-order valence-electron chi connectivity index (χ4n) is 1.18. The lowest BCUT2D eigenvalue weighted by atomic mass is 10.1. The van der Waals surface area contributed by atoms with Gasteiger partial charge in [-0.15, -0.1) is 12.6 Å². The van der Waals surface area contributed by atoms with Crippen LogP contribution in [-0.4, -0.2) is 17.4 Å². The van der Waals surface area contributed by atoms with Crippen LogP contribution in [0.4, 0.5) is 0 Å². The molecule has 1 heterocycles. The lowest BCUT2D eigenvalue weighted by Gasteiger charge is -2.26. The molecule has 0 saturated heterocycles. The monoisotopic (exact) mass is 398 g/mol. The summed E-state index contributed by atoms with van der Waals surface area (Å²) >= 11 is 34.5. The van der Waals surface area contributed by atoms with Gasteiger partial charge in [-0.3, -0.25) is 0 Å². The first-order chi connectivity index (χ1) is 8.45. The molecule has 0 bridgehead atoms. The van der Waals surface area contributed by atoms with Crippen LogP contribution in [0.15, 0.2) is 10.1 Å². The van der Waals surface area contributed by atoms with E-state index in [2.05, 4.69) is 22.6 Å². The van der Waals surface area contributed by atoms with Gasteiger partial charge in [0.15, 0.2) is 5.16 Å². The van der Waals surface area contributed by atoms with Crippen LogP contribution < -0.4 is 0 Å². The second-order valence-electron chi connectivity index (χ2n) is 4.10. The molecule has 0 aliphatic heterocycles. The third kappa shape index (κ3) is 4.60. The number of aryl methyl sites for hydroxylation is 1. The predicted molar refractivity (Wildman–Crippen MR) is 88.7 cm³/mol. The summed E-state index contributed by atoms with van der Waals surface area (Å²) in [5, 5.41) is 0.343. The highest BCUT2D eigenvalue weighted by Crippen LogP contribution is 2.54. The maximum absolute atomic E-state index is 6.00. The van der Waals surface area contributed by atoms with E-state index < -0.39 is 7.46 Å². The largest absolute Gasteiger partial charge is 0.232 e. The molecule has 9 heteroatoms. The highest BCUT2D eigenvalue weighted by Gasteiger charge is 2.47. The van der Waals surface area contributed by atoms with Crippen LogP contribution in [0.5, 0.6) is 0 Å². The van der Waals surface area contributed by atoms with Gasteiger partial charge >= 0.3 is 0 Å². The Morgan fingerprint density at radius 2 is 1.63 bits per heavy atom. The van der Waals surface area contributed by atoms with Gasteiger partial charge in [0.2, 0.25) is 7.46 Å². The van der Waals surface area contributed by atoms with Crippen molar-refractivity contribution in [3.8, 4) is 0 Å². The van der Waals surface area contributed by atoms with Gasteiger partial charge in [-0.25, -0.2) is 9.97 Å². The summed E-state index contributed by atoms with van der Waals surface area (Å²) in [7, 11) is 0. The van der Waals surface area contributed by atoms with E-state index in [1.165, 1.54) is 0 Å². The maximum atomic E-state index is 6.00. The Labute approximate surface area is 147 Å². The van der Waals surface area contributed by atoms with Gasteiger partial charge in [-0.05, 0) is 24.6 Å². The van der Waals surface area contributed by atoms with Crippen molar-refractivity contribution in [1.82, 2.24) is 9.97 Å². The quantitative estimate of drug-likeness (QED) is 0.301. The molecule has 1 aromatic heterocycles. The molecule has 0 saturated carbocycles. The number of rotatable bonds is 3. The molecule has 0 fully saturated rings. The highest BCUT2D eigenvalue weighted by atomic mass is 35.6. The molecule has 1 rings (SSSR count). The van der Waals surface area contributed by atoms with Gasteiger partial charge < -0.3 is 0 Å². The van der Waals surface area contributed by atoms with Gasteiger partial charge in [-0.2, -0.15) is 0 Å². The Kier molecular flexibility index (Phi) is 6.30. The van der Waals surface area contributed by atoms with E-state index in [0.29, 0.717) is 5.16 Å². The third-order valence-electron chi connectivity index (χ3n) is 2.16. The van der Waals surface area contributed by atoms with E-state index in [0.717, 1.165) is 28.0 Å². The molecule has 0 spiro atoms. The minimum Gasteiger partial charge on any atom is -0.227 e. The second-order valence-corrected chi connectivity index (χ2v) is 9.78. The molecular weight excluding hydrogens is 390 g/mol. The standard InChI is InChI=1S/C10H11Cl5N2S2/c1-4(2)6-7(18)5(3)16-8(17-6)19-10(14,15)9(11,12)13/h4,18H,1-3H3. The van der Waals surface area contributed by atoms with Crippen LogP contribution in [0.2, 0.25) is 0 Å². The van der Waals surface area contributed by atoms with Crippen molar-refractivity contribution in [2.45, 2.75) is 44.2 Å². The Balaban J connectivity index is 3.17. The number of nitrogens with zero attached hydrogens (tertiary/aromatic N) is 2. The number of alkyl halides is 5. The van der Waals surface area contributed by atoms with Crippen molar-refractivity contribution < 1.29 is 0 Å². The molecule has 1 aromatic rings. The fourth-order valence-corrected chi connectivity index (χ4v) is 2.97. The van der Waals surface area contributed by atoms with Crippen LogP contribution in [0, 0.1) is 6.92 Å². The van der Waals surface area contributed by atoms with Gasteiger partial charge in [-0.1, -0.05) is 71.9 Å². The van der Waals surface area contributed by atoms with Crippen molar-refractivity contribution >= 4 is 82.4 Å². The van der Waals surface area contributed by atoms with Gasteiger partial charge in [0.25, 0.3) is 0 Å². The molecule has 0 aromatic carbocycles. The number of hydrogen-bond acceptors (Lipinski definition) is 4. The van der Waals surface area contributed by atoms with Crippen molar-refractivity contribution in [3.63, 3.8) is 0 Å². The number of halogens is 5. The first kappa shape index (κ1) is 18.3. The Bertz CT molecular complexity index is 474.